The average Bonchev–Trinajstić information content (AvgIpc) is 2.74. The average molecular weight is 391 g/mol. The van der Waals surface area contributed by atoms with Crippen LogP contribution in [0.1, 0.15) is 44.2 Å². The molecule has 150 valence electrons. The van der Waals surface area contributed by atoms with E-state index in [1.807, 2.05) is 37.3 Å². The van der Waals surface area contributed by atoms with E-state index < -0.39 is 5.97 Å². The fourth-order valence-corrected chi connectivity index (χ4v) is 2.98. The summed E-state index contributed by atoms with van der Waals surface area (Å²) in [7, 11) is 1.33. The molecule has 0 unspecified atom stereocenters. The number of carbonyl (C=O) groups is 2. The largest absolute Gasteiger partial charge is 0.466 e. The lowest BCUT2D eigenvalue weighted by Crippen LogP contribution is -2.24. The molecule has 6 heteroatoms. The maximum absolute atomic E-state index is 12.4. The number of pyridine rings is 1. The topological polar surface area (TPSA) is 92.1 Å². The zero-order valence-electron chi connectivity index (χ0n) is 17.0. The van der Waals surface area contributed by atoms with Crippen molar-refractivity contribution in [1.29, 1.82) is 5.26 Å². The minimum atomic E-state index is -0.469. The molecule has 0 fully saturated rings. The summed E-state index contributed by atoms with van der Waals surface area (Å²) in [5.74, 6) is -0.692. The van der Waals surface area contributed by atoms with Gasteiger partial charge < -0.3 is 10.1 Å². The number of rotatable bonds is 8. The Balaban J connectivity index is 2.36. The van der Waals surface area contributed by atoms with E-state index in [1.54, 1.807) is 12.3 Å². The Kier molecular flexibility index (Phi) is 8.11. The molecule has 0 aliphatic carbocycles. The summed E-state index contributed by atoms with van der Waals surface area (Å²) in [5, 5.41) is 12.1. The minimum absolute atomic E-state index is 0.223. The summed E-state index contributed by atoms with van der Waals surface area (Å²) in [5.41, 5.74) is 3.81. The highest BCUT2D eigenvalue weighted by molar-refractivity contribution is 5.91. The van der Waals surface area contributed by atoms with E-state index in [0.29, 0.717) is 35.4 Å². The number of aromatic nitrogens is 1. The van der Waals surface area contributed by atoms with E-state index in [-0.39, 0.29) is 5.91 Å². The Hall–Kier alpha value is -3.46. The quantitative estimate of drug-likeness (QED) is 0.544. The molecule has 1 heterocycles. The van der Waals surface area contributed by atoms with Gasteiger partial charge in [0.2, 0.25) is 5.91 Å². The fourth-order valence-electron chi connectivity index (χ4n) is 2.98. The second kappa shape index (κ2) is 10.8. The van der Waals surface area contributed by atoms with Gasteiger partial charge in [0.1, 0.15) is 0 Å². The van der Waals surface area contributed by atoms with Crippen molar-refractivity contribution in [3.63, 3.8) is 0 Å². The predicted octanol–water partition coefficient (Wildman–Crippen LogP) is 3.92. The summed E-state index contributed by atoms with van der Waals surface area (Å²) >= 11 is 0. The predicted molar refractivity (Wildman–Crippen MR) is 110 cm³/mol. The van der Waals surface area contributed by atoms with Crippen molar-refractivity contribution in [2.45, 2.75) is 39.5 Å². The Morgan fingerprint density at radius 3 is 2.55 bits per heavy atom. The summed E-state index contributed by atoms with van der Waals surface area (Å²) in [6, 6.07) is 13.1. The van der Waals surface area contributed by atoms with Crippen LogP contribution in [0.15, 0.2) is 53.9 Å². The molecule has 0 saturated heterocycles. The number of hydrogen-bond acceptors (Lipinski definition) is 5. The number of allylic oxidation sites excluding steroid dienone is 1. The van der Waals surface area contributed by atoms with Gasteiger partial charge in [-0.3, -0.25) is 9.78 Å². The Morgan fingerprint density at radius 2 is 1.97 bits per heavy atom. The Labute approximate surface area is 171 Å². The molecular weight excluding hydrogens is 366 g/mol. The monoisotopic (exact) mass is 391 g/mol. The fraction of sp³-hybridized carbons (Fsp3) is 0.304. The molecule has 1 aromatic heterocycles. The van der Waals surface area contributed by atoms with Crippen molar-refractivity contribution in [3.8, 4) is 17.3 Å². The van der Waals surface area contributed by atoms with Gasteiger partial charge in [0.25, 0.3) is 0 Å². The molecule has 0 aliphatic rings. The van der Waals surface area contributed by atoms with Gasteiger partial charge >= 0.3 is 5.97 Å². The number of nitriles is 1. The summed E-state index contributed by atoms with van der Waals surface area (Å²) in [4.78, 5) is 28.5. The van der Waals surface area contributed by atoms with Crippen LogP contribution in [0.25, 0.3) is 11.3 Å². The molecule has 0 aliphatic heterocycles. The minimum Gasteiger partial charge on any atom is -0.466 e. The van der Waals surface area contributed by atoms with Crippen molar-refractivity contribution in [2.75, 3.05) is 7.11 Å². The first kappa shape index (κ1) is 21.8. The van der Waals surface area contributed by atoms with E-state index in [9.17, 15) is 14.9 Å². The van der Waals surface area contributed by atoms with Crippen LogP contribution in [-0.2, 0) is 20.7 Å². The number of amides is 1. The Morgan fingerprint density at radius 1 is 1.21 bits per heavy atom. The lowest BCUT2D eigenvalue weighted by molar-refractivity contribution is -0.136. The number of nitrogens with zero attached hydrogens (tertiary/aromatic N) is 2. The highest BCUT2D eigenvalue weighted by atomic mass is 16.5. The van der Waals surface area contributed by atoms with Crippen LogP contribution >= 0.6 is 0 Å². The normalized spacial score (nSPS) is 11.2. The van der Waals surface area contributed by atoms with E-state index in [0.717, 1.165) is 24.0 Å². The maximum Gasteiger partial charge on any atom is 0.335 e. The molecule has 0 bridgehead atoms. The number of carbonyl (C=O) groups excluding carboxylic acids is 2. The van der Waals surface area contributed by atoms with Crippen molar-refractivity contribution >= 4 is 11.9 Å². The van der Waals surface area contributed by atoms with E-state index in [2.05, 4.69) is 16.4 Å². The SMILES string of the molecule is CCCCC(NC(C)=O)=C(Cc1ccc(-c2ccccc2C#N)nc1)C(=O)OC. The molecule has 2 rings (SSSR count). The highest BCUT2D eigenvalue weighted by Crippen LogP contribution is 2.23. The number of nitrogens with one attached hydrogen (secondary N) is 1. The van der Waals surface area contributed by atoms with Gasteiger partial charge in [-0.25, -0.2) is 4.79 Å². The number of ether oxygens (including phenoxy) is 1. The molecule has 1 amide bonds. The molecule has 0 spiro atoms. The smallest absolute Gasteiger partial charge is 0.335 e. The van der Waals surface area contributed by atoms with Gasteiger partial charge in [-0.15, -0.1) is 0 Å². The number of benzene rings is 1. The van der Waals surface area contributed by atoms with E-state index in [4.69, 9.17) is 4.74 Å². The maximum atomic E-state index is 12.4. The lowest BCUT2D eigenvalue weighted by atomic mass is 10.00. The van der Waals surface area contributed by atoms with Crippen LogP contribution in [0, 0.1) is 11.3 Å². The molecule has 2 aromatic rings. The molecule has 1 aromatic carbocycles. The van der Waals surface area contributed by atoms with Gasteiger partial charge in [0.15, 0.2) is 0 Å². The van der Waals surface area contributed by atoms with Gasteiger partial charge in [-0.1, -0.05) is 37.6 Å². The zero-order valence-corrected chi connectivity index (χ0v) is 17.0. The summed E-state index contributed by atoms with van der Waals surface area (Å²) < 4.78 is 4.95. The lowest BCUT2D eigenvalue weighted by Gasteiger charge is -2.15. The molecule has 0 radical (unpaired) electrons. The summed E-state index contributed by atoms with van der Waals surface area (Å²) in [6.45, 7) is 3.47. The van der Waals surface area contributed by atoms with E-state index in [1.165, 1.54) is 14.0 Å². The van der Waals surface area contributed by atoms with Crippen LogP contribution in [-0.4, -0.2) is 24.0 Å². The Bertz CT molecular complexity index is 941. The van der Waals surface area contributed by atoms with E-state index >= 15 is 0 Å². The third-order valence-corrected chi connectivity index (χ3v) is 4.43. The van der Waals surface area contributed by atoms with Crippen LogP contribution in [0.2, 0.25) is 0 Å². The molecule has 29 heavy (non-hydrogen) atoms. The van der Waals surface area contributed by atoms with Crippen molar-refractivity contribution < 1.29 is 14.3 Å². The molecule has 0 saturated carbocycles. The second-order valence-electron chi connectivity index (χ2n) is 6.62. The zero-order chi connectivity index (χ0) is 21.2. The van der Waals surface area contributed by atoms with Crippen molar-refractivity contribution in [3.05, 3.63) is 65.0 Å². The number of methoxy groups -OCH3 is 1. The molecule has 1 N–H and O–H groups in total. The second-order valence-corrected chi connectivity index (χ2v) is 6.62. The van der Waals surface area contributed by atoms with Crippen molar-refractivity contribution in [2.24, 2.45) is 0 Å². The number of unbranched alkanes of at least 4 members (excludes halogenated alkanes) is 1. The van der Waals surface area contributed by atoms with Crippen LogP contribution < -0.4 is 5.32 Å². The van der Waals surface area contributed by atoms with Crippen LogP contribution in [0.4, 0.5) is 0 Å². The standard InChI is InChI=1S/C23H25N3O3/c1-4-5-10-22(26-16(2)27)20(23(28)29-3)13-17-11-12-21(25-15-17)19-9-7-6-8-18(19)14-24/h6-9,11-12,15H,4-5,10,13H2,1-3H3,(H,26,27). The molecule has 0 atom stereocenters. The van der Waals surface area contributed by atoms with Gasteiger partial charge in [0.05, 0.1) is 30.0 Å². The van der Waals surface area contributed by atoms with Crippen molar-refractivity contribution in [1.82, 2.24) is 10.3 Å². The number of esters is 1. The third kappa shape index (κ3) is 6.01. The van der Waals surface area contributed by atoms with Gasteiger partial charge in [-0.05, 0) is 30.5 Å². The van der Waals surface area contributed by atoms with Crippen LogP contribution in [0.3, 0.4) is 0 Å². The first-order valence-corrected chi connectivity index (χ1v) is 9.52. The number of hydrogen-bond donors (Lipinski definition) is 1. The van der Waals surface area contributed by atoms with Crippen LogP contribution in [0.5, 0.6) is 0 Å². The third-order valence-electron chi connectivity index (χ3n) is 4.43. The molecule has 6 nitrogen and oxygen atoms in total. The first-order valence-electron chi connectivity index (χ1n) is 9.52. The molecular formula is C23H25N3O3. The highest BCUT2D eigenvalue weighted by Gasteiger charge is 2.18. The van der Waals surface area contributed by atoms with Gasteiger partial charge in [0, 0.05) is 30.8 Å². The summed E-state index contributed by atoms with van der Waals surface area (Å²) in [6.07, 6.45) is 4.34. The van der Waals surface area contributed by atoms with Gasteiger partial charge in [-0.2, -0.15) is 5.26 Å². The first-order chi connectivity index (χ1) is 14.0.